The van der Waals surface area contributed by atoms with Gasteiger partial charge in [0.25, 0.3) is 0 Å². The van der Waals surface area contributed by atoms with Gasteiger partial charge in [-0.3, -0.25) is 9.69 Å². The molecule has 1 atom stereocenters. The number of amides is 1. The molecule has 25 heavy (non-hydrogen) atoms. The Balaban J connectivity index is 1.35. The molecule has 2 aliphatic heterocycles. The van der Waals surface area contributed by atoms with Crippen molar-refractivity contribution in [2.75, 3.05) is 45.1 Å². The first-order valence-electron chi connectivity index (χ1n) is 8.61. The van der Waals surface area contributed by atoms with Crippen molar-refractivity contribution in [1.82, 2.24) is 9.80 Å². The normalized spacial score (nSPS) is 22.9. The van der Waals surface area contributed by atoms with Crippen molar-refractivity contribution < 1.29 is 17.9 Å². The molecule has 1 aromatic rings. The van der Waals surface area contributed by atoms with E-state index in [4.69, 9.17) is 4.74 Å². The molecule has 3 rings (SSSR count). The van der Waals surface area contributed by atoms with Gasteiger partial charge in [-0.2, -0.15) is 0 Å². The van der Waals surface area contributed by atoms with Crippen LogP contribution in [0.15, 0.2) is 41.8 Å². The summed E-state index contributed by atoms with van der Waals surface area (Å²) in [5, 5.41) is 1.23. The maximum absolute atomic E-state index is 12.3. The number of carbonyl (C=O) groups is 1. The first-order chi connectivity index (χ1) is 12.0. The molecule has 0 radical (unpaired) electrons. The number of piperazine rings is 1. The van der Waals surface area contributed by atoms with E-state index in [0.29, 0.717) is 19.7 Å². The van der Waals surface area contributed by atoms with E-state index in [1.807, 2.05) is 35.2 Å². The van der Waals surface area contributed by atoms with Crippen molar-refractivity contribution in [3.8, 4) is 5.75 Å². The quantitative estimate of drug-likeness (QED) is 0.758. The average Bonchev–Trinajstić information content (AvgIpc) is 2.95. The summed E-state index contributed by atoms with van der Waals surface area (Å²) in [5.74, 6) is 0.813. The van der Waals surface area contributed by atoms with Gasteiger partial charge in [0.15, 0.2) is 9.84 Å². The lowest BCUT2D eigenvalue weighted by molar-refractivity contribution is -0.133. The van der Waals surface area contributed by atoms with Crippen LogP contribution in [0.4, 0.5) is 0 Å². The highest BCUT2D eigenvalue weighted by Gasteiger charge is 2.27. The fraction of sp³-hybridized carbons (Fsp3) is 0.500. The van der Waals surface area contributed by atoms with E-state index >= 15 is 0 Å². The second kappa shape index (κ2) is 8.01. The van der Waals surface area contributed by atoms with Crippen LogP contribution in [0.25, 0.3) is 0 Å². The summed E-state index contributed by atoms with van der Waals surface area (Å²) in [6, 6.07) is 9.73. The maximum atomic E-state index is 12.3. The Morgan fingerprint density at radius 3 is 2.48 bits per heavy atom. The second-order valence-electron chi connectivity index (χ2n) is 6.51. The van der Waals surface area contributed by atoms with Crippen molar-refractivity contribution in [2.45, 2.75) is 6.42 Å². The Bertz CT molecular complexity index is 710. The van der Waals surface area contributed by atoms with Gasteiger partial charge in [0.05, 0.1) is 5.75 Å². The molecule has 0 aliphatic carbocycles. The highest BCUT2D eigenvalue weighted by atomic mass is 32.2. The monoisotopic (exact) mass is 364 g/mol. The van der Waals surface area contributed by atoms with Crippen LogP contribution in [-0.2, 0) is 14.6 Å². The van der Waals surface area contributed by atoms with E-state index < -0.39 is 9.84 Å². The molecule has 136 valence electrons. The molecule has 1 saturated heterocycles. The van der Waals surface area contributed by atoms with Gasteiger partial charge in [-0.15, -0.1) is 0 Å². The summed E-state index contributed by atoms with van der Waals surface area (Å²) in [6.45, 7) is 4.48. The van der Waals surface area contributed by atoms with E-state index in [9.17, 15) is 13.2 Å². The van der Waals surface area contributed by atoms with Gasteiger partial charge in [-0.1, -0.05) is 24.3 Å². The number of hydrogen-bond acceptors (Lipinski definition) is 5. The second-order valence-corrected chi connectivity index (χ2v) is 8.44. The Labute approximate surface area is 149 Å². The fourth-order valence-electron chi connectivity index (χ4n) is 3.15. The molecule has 0 unspecified atom stereocenters. The van der Waals surface area contributed by atoms with Crippen molar-refractivity contribution in [1.29, 1.82) is 0 Å². The predicted molar refractivity (Wildman–Crippen MR) is 96.0 cm³/mol. The zero-order chi connectivity index (χ0) is 17.7. The number of hydrogen-bond donors (Lipinski definition) is 0. The van der Waals surface area contributed by atoms with E-state index in [1.165, 1.54) is 5.41 Å². The Morgan fingerprint density at radius 1 is 1.12 bits per heavy atom. The molecule has 2 aliphatic rings. The molecule has 2 heterocycles. The molecule has 0 aromatic heterocycles. The highest BCUT2D eigenvalue weighted by molar-refractivity contribution is 7.94. The van der Waals surface area contributed by atoms with Gasteiger partial charge < -0.3 is 9.64 Å². The third-order valence-corrected chi connectivity index (χ3v) is 6.05. The number of carbonyl (C=O) groups excluding carboxylic acids is 1. The molecule has 1 amide bonds. The smallest absolute Gasteiger partial charge is 0.223 e. The average molecular weight is 364 g/mol. The summed E-state index contributed by atoms with van der Waals surface area (Å²) in [5.41, 5.74) is 0. The molecular formula is C18H24N2O4S. The molecule has 7 heteroatoms. The zero-order valence-corrected chi connectivity index (χ0v) is 15.0. The first kappa shape index (κ1) is 17.9. The molecule has 0 spiro atoms. The molecule has 1 aromatic carbocycles. The number of rotatable bonds is 6. The standard InChI is InChI=1S/C18H24N2O4S/c21-18(14-16-6-13-25(22,23)15-16)20-9-7-19(8-10-20)11-12-24-17-4-2-1-3-5-17/h1-6,13,16H,7-12,14-15H2/t16-/m1/s1. The minimum Gasteiger partial charge on any atom is -0.492 e. The summed E-state index contributed by atoms with van der Waals surface area (Å²) in [7, 11) is -3.09. The highest BCUT2D eigenvalue weighted by Crippen LogP contribution is 2.19. The summed E-state index contributed by atoms with van der Waals surface area (Å²) in [6.07, 6.45) is 1.93. The molecule has 1 fully saturated rings. The topological polar surface area (TPSA) is 66.9 Å². The van der Waals surface area contributed by atoms with Gasteiger partial charge in [0.1, 0.15) is 12.4 Å². The summed E-state index contributed by atoms with van der Waals surface area (Å²) >= 11 is 0. The molecule has 0 N–H and O–H groups in total. The number of ether oxygens (including phenoxy) is 1. The van der Waals surface area contributed by atoms with Gasteiger partial charge in [0.2, 0.25) is 5.91 Å². The Hall–Kier alpha value is -1.86. The number of para-hydroxylation sites is 1. The van der Waals surface area contributed by atoms with Gasteiger partial charge in [-0.25, -0.2) is 8.42 Å². The molecule has 0 bridgehead atoms. The van der Waals surface area contributed by atoms with Crippen LogP contribution in [0, 0.1) is 5.92 Å². The number of nitrogens with zero attached hydrogens (tertiary/aromatic N) is 2. The van der Waals surface area contributed by atoms with Crippen molar-refractivity contribution in [3.05, 3.63) is 41.8 Å². The predicted octanol–water partition coefficient (Wildman–Crippen LogP) is 1.16. The third-order valence-electron chi connectivity index (χ3n) is 4.59. The lowest BCUT2D eigenvalue weighted by Gasteiger charge is -2.35. The lowest BCUT2D eigenvalue weighted by atomic mass is 10.1. The van der Waals surface area contributed by atoms with Gasteiger partial charge in [0, 0.05) is 50.5 Å². The van der Waals surface area contributed by atoms with Crippen molar-refractivity contribution in [2.24, 2.45) is 5.92 Å². The van der Waals surface area contributed by atoms with Crippen LogP contribution in [0.3, 0.4) is 0 Å². The van der Waals surface area contributed by atoms with Crippen molar-refractivity contribution in [3.63, 3.8) is 0 Å². The summed E-state index contributed by atoms with van der Waals surface area (Å²) < 4.78 is 28.5. The van der Waals surface area contributed by atoms with E-state index in [1.54, 1.807) is 6.08 Å². The van der Waals surface area contributed by atoms with E-state index in [2.05, 4.69) is 4.90 Å². The molecular weight excluding hydrogens is 340 g/mol. The third kappa shape index (κ3) is 5.31. The van der Waals surface area contributed by atoms with Crippen LogP contribution in [0.2, 0.25) is 0 Å². The number of benzene rings is 1. The molecule has 0 saturated carbocycles. The van der Waals surface area contributed by atoms with Crippen molar-refractivity contribution >= 4 is 15.7 Å². The van der Waals surface area contributed by atoms with Gasteiger partial charge >= 0.3 is 0 Å². The van der Waals surface area contributed by atoms with E-state index in [-0.39, 0.29) is 24.0 Å². The fourth-order valence-corrected chi connectivity index (χ4v) is 4.55. The Kier molecular flexibility index (Phi) is 5.75. The lowest BCUT2D eigenvalue weighted by Crippen LogP contribution is -2.49. The Morgan fingerprint density at radius 2 is 1.84 bits per heavy atom. The molecule has 6 nitrogen and oxygen atoms in total. The largest absolute Gasteiger partial charge is 0.492 e. The van der Waals surface area contributed by atoms with Crippen LogP contribution in [0.1, 0.15) is 6.42 Å². The van der Waals surface area contributed by atoms with Crippen LogP contribution >= 0.6 is 0 Å². The van der Waals surface area contributed by atoms with Crippen LogP contribution in [0.5, 0.6) is 5.75 Å². The minimum absolute atomic E-state index is 0.0481. The number of sulfone groups is 1. The minimum atomic E-state index is -3.09. The van der Waals surface area contributed by atoms with Crippen LogP contribution < -0.4 is 4.74 Å². The maximum Gasteiger partial charge on any atom is 0.223 e. The SMILES string of the molecule is O=C(C[C@H]1C=CS(=O)(=O)C1)N1CCN(CCOc2ccccc2)CC1. The first-order valence-corrected chi connectivity index (χ1v) is 10.3. The number of allylic oxidation sites excluding steroid dienone is 1. The van der Waals surface area contributed by atoms with Gasteiger partial charge in [-0.05, 0) is 12.1 Å². The van der Waals surface area contributed by atoms with Crippen LogP contribution in [-0.4, -0.2) is 69.2 Å². The zero-order valence-electron chi connectivity index (χ0n) is 14.2. The summed E-state index contributed by atoms with van der Waals surface area (Å²) in [4.78, 5) is 16.4. The van der Waals surface area contributed by atoms with E-state index in [0.717, 1.165) is 25.4 Å².